The van der Waals surface area contributed by atoms with Crippen molar-refractivity contribution in [3.05, 3.63) is 54.5 Å². The topological polar surface area (TPSA) is 60.2 Å². The standard InChI is InChI=1S/C20H19F3N4O2/c21-20(22,23)17-7-9-24-19(25-17)29-15-5-3-10-27(12-15)18(28)13-26-11-8-14-4-1-2-6-16(14)26/h1-2,4,6-9,11,15H,3,5,10,12-13H2. The van der Waals surface area contributed by atoms with Gasteiger partial charge in [-0.05, 0) is 36.4 Å². The van der Waals surface area contributed by atoms with Crippen LogP contribution < -0.4 is 4.74 Å². The minimum Gasteiger partial charge on any atom is -0.458 e. The number of alkyl halides is 3. The van der Waals surface area contributed by atoms with E-state index in [9.17, 15) is 18.0 Å². The number of hydrogen-bond donors (Lipinski definition) is 0. The lowest BCUT2D eigenvalue weighted by Crippen LogP contribution is -2.45. The van der Waals surface area contributed by atoms with Gasteiger partial charge in [-0.25, -0.2) is 4.98 Å². The summed E-state index contributed by atoms with van der Waals surface area (Å²) in [6, 6.07) is 10.2. The van der Waals surface area contributed by atoms with E-state index in [4.69, 9.17) is 4.74 Å². The fourth-order valence-corrected chi connectivity index (χ4v) is 3.49. The first-order valence-electron chi connectivity index (χ1n) is 9.29. The van der Waals surface area contributed by atoms with Crippen molar-refractivity contribution in [2.45, 2.75) is 31.7 Å². The lowest BCUT2D eigenvalue weighted by atomic mass is 10.1. The molecule has 1 atom stereocenters. The predicted molar refractivity (Wildman–Crippen MR) is 99.2 cm³/mol. The second-order valence-corrected chi connectivity index (χ2v) is 6.95. The molecule has 1 aromatic carbocycles. The van der Waals surface area contributed by atoms with Crippen LogP contribution in [0.15, 0.2) is 48.8 Å². The summed E-state index contributed by atoms with van der Waals surface area (Å²) < 4.78 is 45.9. The minimum atomic E-state index is -4.56. The fourth-order valence-electron chi connectivity index (χ4n) is 3.49. The van der Waals surface area contributed by atoms with E-state index in [2.05, 4.69) is 9.97 Å². The number of benzene rings is 1. The molecule has 6 nitrogen and oxygen atoms in total. The van der Waals surface area contributed by atoms with Gasteiger partial charge in [0.2, 0.25) is 5.91 Å². The SMILES string of the molecule is O=C(Cn1ccc2ccccc21)N1CCCC(Oc2nccc(C(F)(F)F)n2)C1. The van der Waals surface area contributed by atoms with E-state index >= 15 is 0 Å². The summed E-state index contributed by atoms with van der Waals surface area (Å²) in [5.41, 5.74) is -0.0752. The number of carbonyl (C=O) groups excluding carboxylic acids is 1. The normalized spacial score (nSPS) is 17.5. The van der Waals surface area contributed by atoms with Crippen molar-refractivity contribution in [1.29, 1.82) is 0 Å². The molecule has 1 aliphatic heterocycles. The first kappa shape index (κ1) is 19.2. The van der Waals surface area contributed by atoms with Crippen LogP contribution >= 0.6 is 0 Å². The third kappa shape index (κ3) is 4.33. The van der Waals surface area contributed by atoms with Gasteiger partial charge < -0.3 is 14.2 Å². The Morgan fingerprint density at radius 1 is 1.21 bits per heavy atom. The number of para-hydroxylation sites is 1. The quantitative estimate of drug-likeness (QED) is 0.668. The fraction of sp³-hybridized carbons (Fsp3) is 0.350. The number of rotatable bonds is 4. The molecule has 0 aliphatic carbocycles. The van der Waals surface area contributed by atoms with Crippen LogP contribution in [0.5, 0.6) is 6.01 Å². The highest BCUT2D eigenvalue weighted by Crippen LogP contribution is 2.28. The minimum absolute atomic E-state index is 0.0652. The number of amides is 1. The molecule has 0 bridgehead atoms. The molecule has 1 unspecified atom stereocenters. The first-order valence-corrected chi connectivity index (χ1v) is 9.29. The van der Waals surface area contributed by atoms with E-state index in [0.29, 0.717) is 19.4 Å². The van der Waals surface area contributed by atoms with Gasteiger partial charge in [-0.1, -0.05) is 18.2 Å². The molecule has 29 heavy (non-hydrogen) atoms. The van der Waals surface area contributed by atoms with E-state index in [1.54, 1.807) is 4.90 Å². The second kappa shape index (κ2) is 7.73. The molecule has 0 radical (unpaired) electrons. The highest BCUT2D eigenvalue weighted by Gasteiger charge is 2.33. The smallest absolute Gasteiger partial charge is 0.433 e. The lowest BCUT2D eigenvalue weighted by molar-refractivity contribution is -0.141. The van der Waals surface area contributed by atoms with Gasteiger partial charge in [0.05, 0.1) is 6.54 Å². The van der Waals surface area contributed by atoms with Gasteiger partial charge in [-0.2, -0.15) is 18.2 Å². The zero-order valence-corrected chi connectivity index (χ0v) is 15.5. The lowest BCUT2D eigenvalue weighted by Gasteiger charge is -2.32. The molecular weight excluding hydrogens is 385 g/mol. The highest BCUT2D eigenvalue weighted by molar-refractivity contribution is 5.83. The van der Waals surface area contributed by atoms with E-state index in [-0.39, 0.29) is 25.0 Å². The van der Waals surface area contributed by atoms with Crippen LogP contribution in [0.4, 0.5) is 13.2 Å². The molecular formula is C20H19F3N4O2. The number of piperidine rings is 1. The van der Waals surface area contributed by atoms with Crippen LogP contribution in [0, 0.1) is 0 Å². The van der Waals surface area contributed by atoms with Gasteiger partial charge >= 0.3 is 12.2 Å². The third-order valence-electron chi connectivity index (χ3n) is 4.91. The predicted octanol–water partition coefficient (Wildman–Crippen LogP) is 3.52. The molecule has 1 amide bonds. The number of nitrogens with zero attached hydrogens (tertiary/aromatic N) is 4. The molecule has 152 valence electrons. The van der Waals surface area contributed by atoms with Crippen molar-refractivity contribution in [1.82, 2.24) is 19.4 Å². The molecule has 0 N–H and O–H groups in total. The van der Waals surface area contributed by atoms with E-state index in [1.165, 1.54) is 0 Å². The van der Waals surface area contributed by atoms with E-state index < -0.39 is 18.0 Å². The number of carbonyl (C=O) groups is 1. The maximum absolute atomic E-state index is 12.8. The molecule has 1 saturated heterocycles. The Kier molecular flexibility index (Phi) is 5.12. The summed E-state index contributed by atoms with van der Waals surface area (Å²) in [7, 11) is 0. The van der Waals surface area contributed by atoms with Crippen molar-refractivity contribution < 1.29 is 22.7 Å². The average Bonchev–Trinajstić information content (AvgIpc) is 3.11. The molecule has 3 aromatic rings. The van der Waals surface area contributed by atoms with E-state index in [0.717, 1.165) is 23.2 Å². The van der Waals surface area contributed by atoms with Crippen molar-refractivity contribution in [2.75, 3.05) is 13.1 Å². The summed E-state index contributed by atoms with van der Waals surface area (Å²) >= 11 is 0. The van der Waals surface area contributed by atoms with Crippen molar-refractivity contribution in [3.8, 4) is 6.01 Å². The Morgan fingerprint density at radius 3 is 2.86 bits per heavy atom. The third-order valence-corrected chi connectivity index (χ3v) is 4.91. The Bertz CT molecular complexity index is 1020. The van der Waals surface area contributed by atoms with Crippen molar-refractivity contribution in [3.63, 3.8) is 0 Å². The van der Waals surface area contributed by atoms with Crippen LogP contribution in [0.1, 0.15) is 18.5 Å². The number of ether oxygens (including phenoxy) is 1. The van der Waals surface area contributed by atoms with Gasteiger partial charge in [-0.15, -0.1) is 0 Å². The van der Waals surface area contributed by atoms with Crippen molar-refractivity contribution in [2.24, 2.45) is 0 Å². The molecule has 0 saturated carbocycles. The zero-order chi connectivity index (χ0) is 20.4. The number of fused-ring (bicyclic) bond motifs is 1. The monoisotopic (exact) mass is 404 g/mol. The molecule has 9 heteroatoms. The van der Waals surface area contributed by atoms with Crippen molar-refractivity contribution >= 4 is 16.8 Å². The Hall–Kier alpha value is -3.10. The number of halogens is 3. The van der Waals surface area contributed by atoms with Gasteiger partial charge in [0.25, 0.3) is 0 Å². The number of aromatic nitrogens is 3. The van der Waals surface area contributed by atoms with Gasteiger partial charge in [0, 0.05) is 24.5 Å². The number of hydrogen-bond acceptors (Lipinski definition) is 4. The maximum Gasteiger partial charge on any atom is 0.433 e. The first-order chi connectivity index (χ1) is 13.9. The van der Waals surface area contributed by atoms with Gasteiger partial charge in [0.1, 0.15) is 12.6 Å². The van der Waals surface area contributed by atoms with E-state index in [1.807, 2.05) is 41.1 Å². The Labute approximate surface area is 164 Å². The molecule has 3 heterocycles. The summed E-state index contributed by atoms with van der Waals surface area (Å²) in [4.78, 5) is 21.6. The van der Waals surface area contributed by atoms with Gasteiger partial charge in [-0.3, -0.25) is 4.79 Å². The maximum atomic E-state index is 12.8. The van der Waals surface area contributed by atoms with Crippen LogP contribution in [-0.4, -0.2) is 44.5 Å². The molecule has 4 rings (SSSR count). The van der Waals surface area contributed by atoms with Crippen LogP contribution in [0.25, 0.3) is 10.9 Å². The molecule has 2 aromatic heterocycles. The van der Waals surface area contributed by atoms with Crippen LogP contribution in [-0.2, 0) is 17.5 Å². The highest BCUT2D eigenvalue weighted by atomic mass is 19.4. The van der Waals surface area contributed by atoms with Gasteiger partial charge in [0.15, 0.2) is 5.69 Å². The average molecular weight is 404 g/mol. The van der Waals surface area contributed by atoms with Crippen LogP contribution in [0.3, 0.4) is 0 Å². The largest absolute Gasteiger partial charge is 0.458 e. The summed E-state index contributed by atoms with van der Waals surface area (Å²) in [6.45, 7) is 1.07. The Balaban J connectivity index is 1.41. The summed E-state index contributed by atoms with van der Waals surface area (Å²) in [5.74, 6) is -0.0652. The zero-order valence-electron chi connectivity index (χ0n) is 15.5. The Morgan fingerprint density at radius 2 is 2.03 bits per heavy atom. The second-order valence-electron chi connectivity index (χ2n) is 6.95. The molecule has 0 spiro atoms. The van der Waals surface area contributed by atoms with Crippen LogP contribution in [0.2, 0.25) is 0 Å². The molecule has 1 fully saturated rings. The molecule has 1 aliphatic rings. The summed E-state index contributed by atoms with van der Waals surface area (Å²) in [5, 5.41) is 1.06. The number of likely N-dealkylation sites (tertiary alicyclic amines) is 1. The summed E-state index contributed by atoms with van der Waals surface area (Å²) in [6.07, 6.45) is -0.796.